The number of aryl methyl sites for hydroxylation is 3. The molecule has 0 aliphatic heterocycles. The maximum atomic E-state index is 12.0. The fraction of sp³-hybridized carbons (Fsp3) is 0.353. The number of rotatable bonds is 6. The summed E-state index contributed by atoms with van der Waals surface area (Å²) in [4.78, 5) is 13.6. The van der Waals surface area contributed by atoms with E-state index in [0.29, 0.717) is 17.9 Å². The predicted molar refractivity (Wildman–Crippen MR) is 90.7 cm³/mol. The molecule has 130 valence electrons. The van der Waals surface area contributed by atoms with Gasteiger partial charge in [-0.2, -0.15) is 9.90 Å². The Labute approximate surface area is 145 Å². The Morgan fingerprint density at radius 2 is 2.16 bits per heavy atom. The van der Waals surface area contributed by atoms with Crippen molar-refractivity contribution < 1.29 is 9.53 Å². The minimum atomic E-state index is -0.360. The maximum Gasteiger partial charge on any atom is 0.338 e. The summed E-state index contributed by atoms with van der Waals surface area (Å²) in [5, 5.41) is 16.7. The number of aromatic nitrogens is 6. The predicted octanol–water partition coefficient (Wildman–Crippen LogP) is 1.88. The van der Waals surface area contributed by atoms with Crippen LogP contribution in [0, 0.1) is 0 Å². The first kappa shape index (κ1) is 16.8. The van der Waals surface area contributed by atoms with Crippen LogP contribution in [0.4, 0.5) is 0 Å². The van der Waals surface area contributed by atoms with Crippen molar-refractivity contribution in [1.82, 2.24) is 30.0 Å². The first-order valence-electron chi connectivity index (χ1n) is 8.08. The van der Waals surface area contributed by atoms with E-state index in [9.17, 15) is 4.79 Å². The van der Waals surface area contributed by atoms with Crippen molar-refractivity contribution in [2.24, 2.45) is 7.05 Å². The van der Waals surface area contributed by atoms with Crippen LogP contribution in [0.2, 0.25) is 0 Å². The van der Waals surface area contributed by atoms with Gasteiger partial charge in [-0.25, -0.2) is 4.79 Å². The summed E-state index contributed by atoms with van der Waals surface area (Å²) in [5.74, 6) is 0.117. The SMILES string of the molecule is CC(C)OC(=O)c1cccc(-c2nnn(CCc3cnn(C)c3)n2)c1. The molecule has 3 aromatic rings. The van der Waals surface area contributed by atoms with Gasteiger partial charge >= 0.3 is 5.97 Å². The summed E-state index contributed by atoms with van der Waals surface area (Å²) in [6, 6.07) is 7.05. The molecule has 0 unspecified atom stereocenters. The van der Waals surface area contributed by atoms with Crippen molar-refractivity contribution in [3.05, 3.63) is 47.8 Å². The van der Waals surface area contributed by atoms with Gasteiger partial charge < -0.3 is 4.74 Å². The average molecular weight is 340 g/mol. The summed E-state index contributed by atoms with van der Waals surface area (Å²) < 4.78 is 6.97. The molecule has 0 atom stereocenters. The Morgan fingerprint density at radius 3 is 2.88 bits per heavy atom. The van der Waals surface area contributed by atoms with Crippen LogP contribution in [-0.4, -0.2) is 42.1 Å². The molecule has 0 amide bonds. The highest BCUT2D eigenvalue weighted by Gasteiger charge is 2.12. The minimum Gasteiger partial charge on any atom is -0.459 e. The lowest BCUT2D eigenvalue weighted by Gasteiger charge is -2.08. The van der Waals surface area contributed by atoms with Crippen molar-refractivity contribution in [3.63, 3.8) is 0 Å². The second kappa shape index (κ2) is 7.25. The van der Waals surface area contributed by atoms with E-state index in [1.165, 1.54) is 0 Å². The number of esters is 1. The van der Waals surface area contributed by atoms with Crippen LogP contribution in [-0.2, 0) is 24.8 Å². The minimum absolute atomic E-state index is 0.164. The van der Waals surface area contributed by atoms with Crippen LogP contribution in [0.25, 0.3) is 11.4 Å². The maximum absolute atomic E-state index is 12.0. The number of hydrogen-bond donors (Lipinski definition) is 0. The Kier molecular flexibility index (Phi) is 4.87. The fourth-order valence-corrected chi connectivity index (χ4v) is 2.35. The molecule has 0 saturated heterocycles. The summed E-state index contributed by atoms with van der Waals surface area (Å²) >= 11 is 0. The van der Waals surface area contributed by atoms with E-state index in [-0.39, 0.29) is 12.1 Å². The highest BCUT2D eigenvalue weighted by molar-refractivity contribution is 5.90. The Hall–Kier alpha value is -3.03. The molecule has 0 radical (unpaired) electrons. The third-order valence-corrected chi connectivity index (χ3v) is 3.51. The van der Waals surface area contributed by atoms with Crippen molar-refractivity contribution in [2.75, 3.05) is 0 Å². The fourth-order valence-electron chi connectivity index (χ4n) is 2.35. The van der Waals surface area contributed by atoms with Gasteiger partial charge in [-0.15, -0.1) is 10.2 Å². The number of ether oxygens (including phenoxy) is 1. The molecule has 0 saturated carbocycles. The van der Waals surface area contributed by atoms with Gasteiger partial charge in [0.1, 0.15) is 0 Å². The van der Waals surface area contributed by atoms with Gasteiger partial charge in [0.2, 0.25) is 5.82 Å². The molecule has 0 fully saturated rings. The number of tetrazole rings is 1. The molecule has 0 aliphatic rings. The molecular weight excluding hydrogens is 320 g/mol. The number of carbonyl (C=O) groups is 1. The molecule has 1 aromatic carbocycles. The van der Waals surface area contributed by atoms with Crippen molar-refractivity contribution in [1.29, 1.82) is 0 Å². The molecule has 8 nitrogen and oxygen atoms in total. The molecule has 25 heavy (non-hydrogen) atoms. The zero-order valence-electron chi connectivity index (χ0n) is 14.5. The Morgan fingerprint density at radius 1 is 1.32 bits per heavy atom. The van der Waals surface area contributed by atoms with Gasteiger partial charge in [0, 0.05) is 18.8 Å². The second-order valence-corrected chi connectivity index (χ2v) is 6.02. The first-order valence-corrected chi connectivity index (χ1v) is 8.08. The molecule has 0 aliphatic carbocycles. The third kappa shape index (κ3) is 4.28. The monoisotopic (exact) mass is 340 g/mol. The summed E-state index contributed by atoms with van der Waals surface area (Å²) in [7, 11) is 1.88. The van der Waals surface area contributed by atoms with Crippen molar-refractivity contribution >= 4 is 5.97 Å². The quantitative estimate of drug-likeness (QED) is 0.637. The van der Waals surface area contributed by atoms with Crippen LogP contribution in [0.1, 0.15) is 29.8 Å². The van der Waals surface area contributed by atoms with Crippen molar-refractivity contribution in [2.45, 2.75) is 32.9 Å². The third-order valence-electron chi connectivity index (χ3n) is 3.51. The van der Waals surface area contributed by atoms with E-state index in [4.69, 9.17) is 4.74 Å². The number of hydrogen-bond acceptors (Lipinski definition) is 6. The van der Waals surface area contributed by atoms with Gasteiger partial charge in [-0.05, 0) is 43.2 Å². The van der Waals surface area contributed by atoms with Gasteiger partial charge in [0.15, 0.2) is 0 Å². The van der Waals surface area contributed by atoms with E-state index < -0.39 is 0 Å². The molecule has 0 N–H and O–H groups in total. The summed E-state index contributed by atoms with van der Waals surface area (Å²) in [6.45, 7) is 4.24. The largest absolute Gasteiger partial charge is 0.459 e. The molecule has 2 aromatic heterocycles. The normalized spacial score (nSPS) is 11.0. The molecule has 3 rings (SSSR count). The molecule has 0 bridgehead atoms. The topological polar surface area (TPSA) is 87.7 Å². The van der Waals surface area contributed by atoms with E-state index in [1.807, 2.05) is 39.4 Å². The number of nitrogens with zero attached hydrogens (tertiary/aromatic N) is 6. The van der Waals surface area contributed by atoms with Crippen molar-refractivity contribution in [3.8, 4) is 11.4 Å². The highest BCUT2D eigenvalue weighted by Crippen LogP contribution is 2.16. The van der Waals surface area contributed by atoms with Gasteiger partial charge in [0.05, 0.1) is 24.4 Å². The summed E-state index contributed by atoms with van der Waals surface area (Å²) in [5.41, 5.74) is 2.31. The molecule has 8 heteroatoms. The highest BCUT2D eigenvalue weighted by atomic mass is 16.5. The van der Waals surface area contributed by atoms with Crippen LogP contribution in [0.5, 0.6) is 0 Å². The van der Waals surface area contributed by atoms with Gasteiger partial charge in [-0.3, -0.25) is 4.68 Å². The molecule has 0 spiro atoms. The lowest BCUT2D eigenvalue weighted by atomic mass is 10.1. The van der Waals surface area contributed by atoms with Crippen LogP contribution in [0.15, 0.2) is 36.7 Å². The van der Waals surface area contributed by atoms with Crippen LogP contribution < -0.4 is 0 Å². The number of benzene rings is 1. The lowest BCUT2D eigenvalue weighted by Crippen LogP contribution is -2.11. The lowest BCUT2D eigenvalue weighted by molar-refractivity contribution is 0.0378. The van der Waals surface area contributed by atoms with Crippen LogP contribution >= 0.6 is 0 Å². The van der Waals surface area contributed by atoms with E-state index in [2.05, 4.69) is 20.5 Å². The second-order valence-electron chi connectivity index (χ2n) is 6.02. The smallest absolute Gasteiger partial charge is 0.338 e. The average Bonchev–Trinajstić information content (AvgIpc) is 3.21. The molecule has 2 heterocycles. The standard InChI is InChI=1S/C17H20N6O2/c1-12(2)25-17(24)15-6-4-5-14(9-15)16-19-21-23(20-16)8-7-13-10-18-22(3)11-13/h4-6,9-12H,7-8H2,1-3H3. The first-order chi connectivity index (χ1) is 12.0. The Bertz CT molecular complexity index is 867. The zero-order valence-corrected chi connectivity index (χ0v) is 14.5. The van der Waals surface area contributed by atoms with Crippen LogP contribution in [0.3, 0.4) is 0 Å². The number of carbonyl (C=O) groups excluding carboxylic acids is 1. The van der Waals surface area contributed by atoms with Gasteiger partial charge in [0.25, 0.3) is 0 Å². The summed E-state index contributed by atoms with van der Waals surface area (Å²) in [6.07, 6.45) is 4.39. The molecular formula is C17H20N6O2. The van der Waals surface area contributed by atoms with E-state index >= 15 is 0 Å². The van der Waals surface area contributed by atoms with Gasteiger partial charge in [-0.1, -0.05) is 12.1 Å². The van der Waals surface area contributed by atoms with E-state index in [1.54, 1.807) is 27.7 Å². The van der Waals surface area contributed by atoms with E-state index in [0.717, 1.165) is 17.5 Å². The Balaban J connectivity index is 1.70. The zero-order chi connectivity index (χ0) is 17.8.